The van der Waals surface area contributed by atoms with Crippen LogP contribution in [0.3, 0.4) is 0 Å². The van der Waals surface area contributed by atoms with E-state index in [0.29, 0.717) is 11.5 Å². The molecule has 0 saturated carbocycles. The summed E-state index contributed by atoms with van der Waals surface area (Å²) in [6.07, 6.45) is 1.50. The molecule has 0 atom stereocenters. The number of aryl methyl sites for hydroxylation is 1. The molecule has 2 aromatic heterocycles. The number of carboxylic acid groups (broad SMARTS) is 1. The molecule has 2 rings (SSSR count). The van der Waals surface area contributed by atoms with Crippen molar-refractivity contribution >= 4 is 17.9 Å². The summed E-state index contributed by atoms with van der Waals surface area (Å²) in [5.74, 6) is -0.205. The van der Waals surface area contributed by atoms with Crippen LogP contribution in [0.15, 0.2) is 33.3 Å². The molecule has 2 heterocycles. The van der Waals surface area contributed by atoms with Crippen molar-refractivity contribution in [2.24, 2.45) is 0 Å². The molecule has 25 heavy (non-hydrogen) atoms. The number of hydrogen-bond donors (Lipinski definition) is 3. The highest BCUT2D eigenvalue weighted by Gasteiger charge is 2.17. The number of hydrogen-bond acceptors (Lipinski definition) is 5. The molecule has 0 fully saturated rings. The molecule has 0 radical (unpaired) electrons. The average Bonchev–Trinajstić information content (AvgIpc) is 3.20. The number of likely N-dealkylation sites (N-methyl/N-ethyl adjacent to an activating group) is 1. The van der Waals surface area contributed by atoms with Gasteiger partial charge in [-0.2, -0.15) is 0 Å². The van der Waals surface area contributed by atoms with Crippen molar-refractivity contribution in [3.05, 3.63) is 47.3 Å². The van der Waals surface area contributed by atoms with Gasteiger partial charge in [0.2, 0.25) is 5.91 Å². The van der Waals surface area contributed by atoms with Crippen LogP contribution >= 0.6 is 0 Å². The number of nitrogens with zero attached hydrogens (tertiary/aromatic N) is 1. The van der Waals surface area contributed by atoms with Gasteiger partial charge < -0.3 is 29.5 Å². The Bertz CT molecular complexity index is 750. The molecule has 3 amide bonds. The number of urea groups is 1. The summed E-state index contributed by atoms with van der Waals surface area (Å²) in [7, 11) is 1.53. The molecular formula is C16H19N3O6. The lowest BCUT2D eigenvalue weighted by Crippen LogP contribution is -2.42. The molecule has 0 aliphatic rings. The van der Waals surface area contributed by atoms with E-state index < -0.39 is 12.0 Å². The maximum atomic E-state index is 12.0. The summed E-state index contributed by atoms with van der Waals surface area (Å²) in [4.78, 5) is 36.0. The molecule has 9 nitrogen and oxygen atoms in total. The first-order valence-corrected chi connectivity index (χ1v) is 7.47. The Balaban J connectivity index is 1.77. The predicted octanol–water partition coefficient (Wildman–Crippen LogP) is 1.34. The van der Waals surface area contributed by atoms with Gasteiger partial charge in [-0.3, -0.25) is 4.79 Å². The van der Waals surface area contributed by atoms with Gasteiger partial charge in [0.25, 0.3) is 0 Å². The Morgan fingerprint density at radius 3 is 2.60 bits per heavy atom. The van der Waals surface area contributed by atoms with Crippen molar-refractivity contribution in [3.63, 3.8) is 0 Å². The fourth-order valence-corrected chi connectivity index (χ4v) is 2.09. The van der Waals surface area contributed by atoms with Crippen LogP contribution in [0.25, 0.3) is 0 Å². The van der Waals surface area contributed by atoms with E-state index in [4.69, 9.17) is 13.9 Å². The Morgan fingerprint density at radius 1 is 1.24 bits per heavy atom. The number of nitrogens with one attached hydrogen (secondary N) is 2. The highest BCUT2D eigenvalue weighted by molar-refractivity contribution is 5.89. The van der Waals surface area contributed by atoms with E-state index in [-0.39, 0.29) is 36.9 Å². The van der Waals surface area contributed by atoms with Gasteiger partial charge in [-0.05, 0) is 25.1 Å². The Morgan fingerprint density at radius 2 is 2.00 bits per heavy atom. The number of carbonyl (C=O) groups is 3. The largest absolute Gasteiger partial charge is 0.478 e. The Hall–Kier alpha value is -3.23. The summed E-state index contributed by atoms with van der Waals surface area (Å²) in [5.41, 5.74) is 0.0614. The van der Waals surface area contributed by atoms with Crippen LogP contribution in [0.5, 0.6) is 0 Å². The second kappa shape index (κ2) is 8.04. The van der Waals surface area contributed by atoms with Crippen LogP contribution in [-0.4, -0.2) is 41.5 Å². The molecule has 0 aromatic carbocycles. The topological polar surface area (TPSA) is 125 Å². The molecule has 0 spiro atoms. The van der Waals surface area contributed by atoms with Crippen molar-refractivity contribution in [1.29, 1.82) is 0 Å². The summed E-state index contributed by atoms with van der Waals surface area (Å²) < 4.78 is 10.4. The van der Waals surface area contributed by atoms with Crippen molar-refractivity contribution in [2.75, 3.05) is 13.6 Å². The summed E-state index contributed by atoms with van der Waals surface area (Å²) in [6.45, 7) is 1.65. The normalized spacial score (nSPS) is 10.3. The van der Waals surface area contributed by atoms with Crippen molar-refractivity contribution in [1.82, 2.24) is 15.5 Å². The lowest BCUT2D eigenvalue weighted by molar-refractivity contribution is -0.129. The van der Waals surface area contributed by atoms with Gasteiger partial charge in [-0.25, -0.2) is 9.59 Å². The standard InChI is InChI=1S/C16H19N3O6/c1-10-13(15(21)22)6-12(25-10)9-19(2)14(20)8-18-16(23)17-7-11-4-3-5-24-11/h3-6H,7-9H2,1-2H3,(H,21,22)(H2,17,18,23). The van der Waals surface area contributed by atoms with Crippen LogP contribution in [0.2, 0.25) is 0 Å². The summed E-state index contributed by atoms with van der Waals surface area (Å²) >= 11 is 0. The minimum Gasteiger partial charge on any atom is -0.478 e. The third kappa shape index (κ3) is 5.13. The van der Waals surface area contributed by atoms with Crippen LogP contribution in [0, 0.1) is 6.92 Å². The van der Waals surface area contributed by atoms with Crippen LogP contribution in [-0.2, 0) is 17.9 Å². The fraction of sp³-hybridized carbons (Fsp3) is 0.312. The van der Waals surface area contributed by atoms with Gasteiger partial charge in [0, 0.05) is 7.05 Å². The lowest BCUT2D eigenvalue weighted by atomic mass is 10.2. The highest BCUT2D eigenvalue weighted by atomic mass is 16.4. The van der Waals surface area contributed by atoms with E-state index in [9.17, 15) is 14.4 Å². The van der Waals surface area contributed by atoms with Crippen molar-refractivity contribution in [2.45, 2.75) is 20.0 Å². The number of amides is 3. The molecule has 0 aliphatic carbocycles. The van der Waals surface area contributed by atoms with Crippen molar-refractivity contribution in [3.8, 4) is 0 Å². The number of carbonyl (C=O) groups excluding carboxylic acids is 2. The molecule has 0 saturated heterocycles. The second-order valence-corrected chi connectivity index (χ2v) is 5.35. The first-order valence-electron chi connectivity index (χ1n) is 7.47. The number of rotatable bonds is 7. The SMILES string of the molecule is Cc1oc(CN(C)C(=O)CNC(=O)NCc2ccco2)cc1C(=O)O. The monoisotopic (exact) mass is 349 g/mol. The van der Waals surface area contributed by atoms with Gasteiger partial charge >= 0.3 is 12.0 Å². The van der Waals surface area contributed by atoms with Gasteiger partial charge in [0.05, 0.1) is 25.9 Å². The maximum absolute atomic E-state index is 12.0. The minimum absolute atomic E-state index is 0.0614. The molecule has 2 aromatic rings. The molecular weight excluding hydrogens is 330 g/mol. The van der Waals surface area contributed by atoms with E-state index in [1.54, 1.807) is 19.1 Å². The van der Waals surface area contributed by atoms with Crippen LogP contribution in [0.4, 0.5) is 4.79 Å². The van der Waals surface area contributed by atoms with E-state index >= 15 is 0 Å². The van der Waals surface area contributed by atoms with Crippen LogP contribution in [0.1, 0.15) is 27.6 Å². The Kier molecular flexibility index (Phi) is 5.83. The molecule has 9 heteroatoms. The average molecular weight is 349 g/mol. The molecule has 134 valence electrons. The Labute approximate surface area is 143 Å². The zero-order valence-electron chi connectivity index (χ0n) is 13.9. The first kappa shape index (κ1) is 18.1. The number of aromatic carboxylic acids is 1. The smallest absolute Gasteiger partial charge is 0.339 e. The number of carboxylic acids is 1. The van der Waals surface area contributed by atoms with E-state index in [1.807, 2.05) is 0 Å². The fourth-order valence-electron chi connectivity index (χ4n) is 2.09. The van der Waals surface area contributed by atoms with Gasteiger partial charge in [0.1, 0.15) is 22.8 Å². The lowest BCUT2D eigenvalue weighted by Gasteiger charge is -2.16. The van der Waals surface area contributed by atoms with E-state index in [0.717, 1.165) is 0 Å². The quantitative estimate of drug-likeness (QED) is 0.693. The van der Waals surface area contributed by atoms with Gasteiger partial charge in [-0.1, -0.05) is 0 Å². The van der Waals surface area contributed by atoms with E-state index in [1.165, 1.54) is 24.3 Å². The molecule has 0 aliphatic heterocycles. The molecule has 3 N–H and O–H groups in total. The maximum Gasteiger partial charge on any atom is 0.339 e. The second-order valence-electron chi connectivity index (χ2n) is 5.35. The predicted molar refractivity (Wildman–Crippen MR) is 85.8 cm³/mol. The van der Waals surface area contributed by atoms with Crippen molar-refractivity contribution < 1.29 is 28.3 Å². The third-order valence-corrected chi connectivity index (χ3v) is 3.42. The highest BCUT2D eigenvalue weighted by Crippen LogP contribution is 2.15. The van der Waals surface area contributed by atoms with Crippen LogP contribution < -0.4 is 10.6 Å². The van der Waals surface area contributed by atoms with E-state index in [2.05, 4.69) is 10.6 Å². The zero-order valence-corrected chi connectivity index (χ0v) is 13.9. The third-order valence-electron chi connectivity index (χ3n) is 3.42. The van der Waals surface area contributed by atoms with Gasteiger partial charge in [-0.15, -0.1) is 0 Å². The summed E-state index contributed by atoms with van der Waals surface area (Å²) in [5, 5.41) is 14.0. The van der Waals surface area contributed by atoms with Gasteiger partial charge in [0.15, 0.2) is 0 Å². The summed E-state index contributed by atoms with van der Waals surface area (Å²) in [6, 6.07) is 4.31. The molecule has 0 unspecified atom stereocenters. The first-order chi connectivity index (χ1) is 11.9. The zero-order chi connectivity index (χ0) is 18.4. The number of furan rings is 2. The molecule has 0 bridgehead atoms. The minimum atomic E-state index is -1.09.